The number of benzene rings is 2. The first-order chi connectivity index (χ1) is 20.7. The van der Waals surface area contributed by atoms with Gasteiger partial charge in [0.1, 0.15) is 22.8 Å². The number of carbonyl (C=O) groups is 3. The SMILES string of the molecule is C#Cc1ccc(CNCc2cc(N(C)C)c3c(c2O)C(O)=C2C(=O)[C@]4(O)C(O)=C(C(N)=O)C(=O)C(N(C)C)[C@@H]4C[C@@H]2C3)cc1. The van der Waals surface area contributed by atoms with Crippen molar-refractivity contribution >= 4 is 28.9 Å². The smallest absolute Gasteiger partial charge is 0.255 e. The van der Waals surface area contributed by atoms with E-state index in [1.165, 1.54) is 4.90 Å². The molecule has 3 aliphatic carbocycles. The number of carbonyl (C=O) groups excluding carboxylic acids is 3. The molecule has 7 N–H and O–H groups in total. The number of nitrogens with zero attached hydrogens (tertiary/aromatic N) is 2. The molecule has 4 atom stereocenters. The third-order valence-electron chi connectivity index (χ3n) is 9.02. The molecule has 0 spiro atoms. The highest BCUT2D eigenvalue weighted by atomic mass is 16.3. The quantitative estimate of drug-likeness (QED) is 0.201. The summed E-state index contributed by atoms with van der Waals surface area (Å²) in [6.45, 7) is 0.696. The van der Waals surface area contributed by atoms with Crippen LogP contribution in [0.1, 0.15) is 34.2 Å². The monoisotopic (exact) mass is 600 g/mol. The number of nitrogens with one attached hydrogen (secondary N) is 1. The van der Waals surface area contributed by atoms with E-state index in [2.05, 4.69) is 11.2 Å². The molecule has 230 valence electrons. The second-order valence-corrected chi connectivity index (χ2v) is 12.1. The number of hydrogen-bond donors (Lipinski definition) is 6. The van der Waals surface area contributed by atoms with Crippen molar-refractivity contribution in [2.45, 2.75) is 37.6 Å². The molecule has 0 radical (unpaired) electrons. The van der Waals surface area contributed by atoms with Gasteiger partial charge in [-0.05, 0) is 62.2 Å². The predicted molar refractivity (Wildman–Crippen MR) is 163 cm³/mol. The average Bonchev–Trinajstić information content (AvgIpc) is 2.96. The van der Waals surface area contributed by atoms with Gasteiger partial charge in [0.25, 0.3) is 5.91 Å². The van der Waals surface area contributed by atoms with Crippen LogP contribution < -0.4 is 16.0 Å². The number of anilines is 1. The summed E-state index contributed by atoms with van der Waals surface area (Å²) in [5, 5.41) is 49.2. The van der Waals surface area contributed by atoms with Crippen molar-refractivity contribution in [2.75, 3.05) is 33.1 Å². The van der Waals surface area contributed by atoms with Crippen molar-refractivity contribution in [1.29, 1.82) is 0 Å². The number of primary amides is 1. The molecule has 0 heterocycles. The van der Waals surface area contributed by atoms with Gasteiger partial charge in [-0.25, -0.2) is 0 Å². The number of nitrogens with two attached hydrogens (primary N) is 1. The lowest BCUT2D eigenvalue weighted by Crippen LogP contribution is -2.65. The number of aromatic hydroxyl groups is 1. The van der Waals surface area contributed by atoms with E-state index in [9.17, 15) is 34.8 Å². The molecule has 0 aliphatic heterocycles. The molecule has 0 aromatic heterocycles. The molecule has 1 fully saturated rings. The van der Waals surface area contributed by atoms with Crippen molar-refractivity contribution in [3.63, 3.8) is 0 Å². The zero-order valence-corrected chi connectivity index (χ0v) is 25.0. The van der Waals surface area contributed by atoms with Gasteiger partial charge in [-0.15, -0.1) is 6.42 Å². The summed E-state index contributed by atoms with van der Waals surface area (Å²) in [6.07, 6.45) is 5.67. The normalized spacial score (nSPS) is 24.5. The van der Waals surface area contributed by atoms with E-state index in [4.69, 9.17) is 12.2 Å². The van der Waals surface area contributed by atoms with Gasteiger partial charge in [0, 0.05) is 55.5 Å². The van der Waals surface area contributed by atoms with E-state index in [-0.39, 0.29) is 36.3 Å². The maximum Gasteiger partial charge on any atom is 0.255 e. The molecule has 11 nitrogen and oxygen atoms in total. The second kappa shape index (κ2) is 11.1. The van der Waals surface area contributed by atoms with Gasteiger partial charge in [-0.1, -0.05) is 18.1 Å². The third-order valence-corrected chi connectivity index (χ3v) is 9.02. The maximum absolute atomic E-state index is 14.1. The van der Waals surface area contributed by atoms with E-state index in [1.807, 2.05) is 49.3 Å². The first kappa shape index (κ1) is 30.8. The van der Waals surface area contributed by atoms with Crippen LogP contribution in [-0.4, -0.2) is 82.6 Å². The summed E-state index contributed by atoms with van der Waals surface area (Å²) in [5.41, 5.74) is 5.27. The van der Waals surface area contributed by atoms with E-state index in [0.29, 0.717) is 17.7 Å². The van der Waals surface area contributed by atoms with Crippen molar-refractivity contribution < 1.29 is 34.8 Å². The highest BCUT2D eigenvalue weighted by Gasteiger charge is 2.64. The number of ketones is 2. The first-order valence-electron chi connectivity index (χ1n) is 14.2. The van der Waals surface area contributed by atoms with Crippen LogP contribution in [0, 0.1) is 24.2 Å². The molecule has 0 bridgehead atoms. The van der Waals surface area contributed by atoms with Crippen LogP contribution in [0.3, 0.4) is 0 Å². The molecular weight excluding hydrogens is 564 g/mol. The number of aliphatic hydroxyl groups excluding tert-OH is 2. The minimum absolute atomic E-state index is 0.0289. The van der Waals surface area contributed by atoms with Crippen molar-refractivity contribution in [3.8, 4) is 18.1 Å². The van der Waals surface area contributed by atoms with Crippen LogP contribution in [0.2, 0.25) is 0 Å². The summed E-state index contributed by atoms with van der Waals surface area (Å²) < 4.78 is 0. The van der Waals surface area contributed by atoms with E-state index < -0.39 is 58.0 Å². The maximum atomic E-state index is 14.1. The van der Waals surface area contributed by atoms with Gasteiger partial charge >= 0.3 is 0 Å². The van der Waals surface area contributed by atoms with Crippen LogP contribution in [0.4, 0.5) is 5.69 Å². The molecule has 44 heavy (non-hydrogen) atoms. The summed E-state index contributed by atoms with van der Waals surface area (Å²) in [5.74, 6) is -4.16. The van der Waals surface area contributed by atoms with E-state index in [1.54, 1.807) is 14.1 Å². The Kier molecular flexibility index (Phi) is 7.80. The zero-order chi connectivity index (χ0) is 32.2. The van der Waals surface area contributed by atoms with Crippen LogP contribution in [0.15, 0.2) is 47.2 Å². The number of terminal acetylenes is 1. The fourth-order valence-electron chi connectivity index (χ4n) is 6.94. The van der Waals surface area contributed by atoms with E-state index >= 15 is 0 Å². The zero-order valence-electron chi connectivity index (χ0n) is 25.0. The molecule has 2 aromatic carbocycles. The average molecular weight is 601 g/mol. The molecule has 1 saturated carbocycles. The topological polar surface area (TPSA) is 177 Å². The number of likely N-dealkylation sites (N-methyl/N-ethyl adjacent to an activating group) is 1. The van der Waals surface area contributed by atoms with Crippen LogP contribution in [-0.2, 0) is 33.9 Å². The predicted octanol–water partition coefficient (Wildman–Crippen LogP) is 1.30. The number of aliphatic hydroxyl groups is 3. The Hall–Kier alpha value is -4.63. The number of fused-ring (bicyclic) bond motifs is 3. The first-order valence-corrected chi connectivity index (χ1v) is 14.2. The van der Waals surface area contributed by atoms with Crippen LogP contribution >= 0.6 is 0 Å². The van der Waals surface area contributed by atoms with Crippen molar-refractivity contribution in [1.82, 2.24) is 10.2 Å². The highest BCUT2D eigenvalue weighted by Crippen LogP contribution is 2.54. The fourth-order valence-corrected chi connectivity index (χ4v) is 6.94. The van der Waals surface area contributed by atoms with Gasteiger partial charge in [0.05, 0.1) is 11.6 Å². The third kappa shape index (κ3) is 4.63. The van der Waals surface area contributed by atoms with Gasteiger partial charge in [-0.2, -0.15) is 0 Å². The summed E-state index contributed by atoms with van der Waals surface area (Å²) in [7, 11) is 6.79. The summed E-state index contributed by atoms with van der Waals surface area (Å²) >= 11 is 0. The lowest BCUT2D eigenvalue weighted by atomic mass is 9.57. The number of phenolic OH excluding ortho intramolecular Hbond substituents is 1. The number of hydrogen-bond acceptors (Lipinski definition) is 10. The van der Waals surface area contributed by atoms with Gasteiger partial charge in [-0.3, -0.25) is 19.3 Å². The Labute approximate surface area is 255 Å². The summed E-state index contributed by atoms with van der Waals surface area (Å²) in [6, 6.07) is 8.15. The number of amides is 1. The lowest BCUT2D eigenvalue weighted by Gasteiger charge is -2.50. The molecular formula is C33H36N4O7. The Morgan fingerprint density at radius 3 is 2.34 bits per heavy atom. The fraction of sp³-hybridized carbons (Fsp3) is 0.364. The Bertz CT molecular complexity index is 1680. The van der Waals surface area contributed by atoms with Gasteiger partial charge in [0.15, 0.2) is 11.4 Å². The van der Waals surface area contributed by atoms with Crippen LogP contribution in [0.25, 0.3) is 5.76 Å². The molecule has 5 rings (SSSR count). The highest BCUT2D eigenvalue weighted by molar-refractivity contribution is 6.24. The molecule has 3 aliphatic rings. The Morgan fingerprint density at radius 2 is 1.77 bits per heavy atom. The largest absolute Gasteiger partial charge is 0.508 e. The van der Waals surface area contributed by atoms with Crippen molar-refractivity contribution in [3.05, 3.63) is 75.1 Å². The standard InChI is InChI=1S/C33H36N4O7/c1-6-16-7-9-17(10-8-16)14-35-15-19-13-22(36(2)3)20-11-18-12-21-26(37(4)5)29(40)25(32(34)43)31(42)33(21,44)30(41)23(18)28(39)24(20)27(19)38/h1,7-10,13,18,21,26,35,38-39,42,44H,11-12,14-15H2,2-5H3,(H2,34,43)/t18-,21-,26?,33-/m0/s1. The Morgan fingerprint density at radius 1 is 1.11 bits per heavy atom. The summed E-state index contributed by atoms with van der Waals surface area (Å²) in [4.78, 5) is 42.9. The molecule has 11 heteroatoms. The molecule has 1 amide bonds. The molecule has 0 saturated heterocycles. The number of rotatable bonds is 7. The lowest BCUT2D eigenvalue weighted by molar-refractivity contribution is -0.153. The van der Waals surface area contributed by atoms with Gasteiger partial charge < -0.3 is 36.4 Å². The molecule has 1 unspecified atom stereocenters. The van der Waals surface area contributed by atoms with Crippen LogP contribution in [0.5, 0.6) is 5.75 Å². The van der Waals surface area contributed by atoms with Gasteiger partial charge in [0.2, 0.25) is 5.78 Å². The second-order valence-electron chi connectivity index (χ2n) is 12.1. The number of Topliss-reactive ketones (excluding diaryl/α,β-unsaturated/α-hetero) is 2. The van der Waals surface area contributed by atoms with E-state index in [0.717, 1.165) is 16.8 Å². The number of phenols is 1. The minimum atomic E-state index is -2.68. The van der Waals surface area contributed by atoms with Crippen molar-refractivity contribution in [2.24, 2.45) is 17.6 Å². The minimum Gasteiger partial charge on any atom is -0.508 e. The molecule has 2 aromatic rings. The Balaban J connectivity index is 1.59.